The molecule has 0 radical (unpaired) electrons. The van der Waals surface area contributed by atoms with Crippen LogP contribution in [0.1, 0.15) is 57.3 Å². The van der Waals surface area contributed by atoms with Crippen LogP contribution >= 0.6 is 11.3 Å². The summed E-state index contributed by atoms with van der Waals surface area (Å²) >= 11 is 1.12. The second-order valence-electron chi connectivity index (χ2n) is 15.0. The van der Waals surface area contributed by atoms with Crippen LogP contribution in [0.25, 0.3) is 0 Å². The van der Waals surface area contributed by atoms with Crippen LogP contribution in [-0.2, 0) is 48.2 Å². The highest BCUT2D eigenvalue weighted by Gasteiger charge is 2.33. The summed E-state index contributed by atoms with van der Waals surface area (Å²) in [5.74, 6) is -4.36. The van der Waals surface area contributed by atoms with E-state index in [1.54, 1.807) is 92.9 Å². The number of carbonyl (C=O) groups is 2. The monoisotopic (exact) mass is 939 g/mol. The Morgan fingerprint density at radius 3 is 2.11 bits per heavy atom. The Morgan fingerprint density at radius 2 is 1.48 bits per heavy atom. The Bertz CT molecular complexity index is 2640. The van der Waals surface area contributed by atoms with Crippen molar-refractivity contribution in [2.75, 3.05) is 13.7 Å². The number of methoxy groups -OCH3 is 1. The Hall–Kier alpha value is -5.80. The molecule has 0 aliphatic rings. The molecule has 1 unspecified atom stereocenters. The fourth-order valence-corrected chi connectivity index (χ4v) is 10.5. The van der Waals surface area contributed by atoms with Gasteiger partial charge in [0.25, 0.3) is 10.0 Å². The van der Waals surface area contributed by atoms with Gasteiger partial charge in [-0.3, -0.25) is 14.6 Å². The minimum atomic E-state index is -4.16. The first-order chi connectivity index (χ1) is 30.4. The molecule has 5 aromatic rings. The summed E-state index contributed by atoms with van der Waals surface area (Å²) in [5.41, 5.74) is 8.78. The summed E-state index contributed by atoms with van der Waals surface area (Å²) in [4.78, 5) is 36.8. The number of hydrogen-bond acceptors (Lipinski definition) is 11. The zero-order chi connectivity index (χ0) is 46.6. The van der Waals surface area contributed by atoms with Gasteiger partial charge in [-0.05, 0) is 91.6 Å². The molecule has 342 valence electrons. The maximum Gasteiger partial charge on any atom is 0.264 e. The van der Waals surface area contributed by atoms with Crippen LogP contribution in [0, 0.1) is 32.4 Å². The zero-order valence-corrected chi connectivity index (χ0v) is 38.0. The van der Waals surface area contributed by atoms with Crippen molar-refractivity contribution < 1.29 is 45.0 Å². The van der Waals surface area contributed by atoms with Gasteiger partial charge in [0.1, 0.15) is 28.9 Å². The van der Waals surface area contributed by atoms with Gasteiger partial charge in [0.05, 0.1) is 23.8 Å². The molecule has 4 aromatic carbocycles. The van der Waals surface area contributed by atoms with E-state index >= 15 is 0 Å². The summed E-state index contributed by atoms with van der Waals surface area (Å²) in [5, 5.41) is 18.7. The number of rotatable bonds is 21. The normalized spacial score (nSPS) is 14.0. The van der Waals surface area contributed by atoms with Gasteiger partial charge in [0.2, 0.25) is 27.8 Å². The summed E-state index contributed by atoms with van der Waals surface area (Å²) in [6.07, 6.45) is -0.193. The average Bonchev–Trinajstić information content (AvgIpc) is 3.79. The molecule has 1 aromatic heterocycles. The van der Waals surface area contributed by atoms with Gasteiger partial charge >= 0.3 is 0 Å². The Kier molecular flexibility index (Phi) is 17.1. The van der Waals surface area contributed by atoms with Crippen LogP contribution in [0.5, 0.6) is 5.75 Å². The van der Waals surface area contributed by atoms with Crippen LogP contribution < -0.4 is 30.5 Å². The molecule has 15 nitrogen and oxygen atoms in total. The molecule has 7 N–H and O–H groups in total. The van der Waals surface area contributed by atoms with Crippen molar-refractivity contribution in [1.29, 1.82) is 0 Å². The second-order valence-corrected chi connectivity index (χ2v) is 19.3. The van der Waals surface area contributed by atoms with Gasteiger partial charge in [-0.1, -0.05) is 66.7 Å². The van der Waals surface area contributed by atoms with E-state index in [0.29, 0.717) is 33.6 Å². The molecular weight excluding hydrogens is 889 g/mol. The maximum atomic E-state index is 14.4. The van der Waals surface area contributed by atoms with Crippen molar-refractivity contribution in [1.82, 2.24) is 25.1 Å². The Balaban J connectivity index is 1.37. The summed E-state index contributed by atoms with van der Waals surface area (Å²) in [6, 6.07) is 17.6. The third kappa shape index (κ3) is 13.6. The molecule has 1 heterocycles. The number of carbonyl (C=O) groups excluding carboxylic acids is 2. The molecule has 0 saturated heterocycles. The fraction of sp³-hybridized carbons (Fsp3) is 0.318. The Morgan fingerprint density at radius 1 is 0.844 bits per heavy atom. The van der Waals surface area contributed by atoms with Gasteiger partial charge in [-0.25, -0.2) is 40.0 Å². The van der Waals surface area contributed by atoms with Crippen molar-refractivity contribution in [3.8, 4) is 5.75 Å². The third-order valence-electron chi connectivity index (χ3n) is 10.3. The maximum absolute atomic E-state index is 14.4. The SMILES string of the molecule is COc1cc(C)c(S(=O)(=O)NC(N)=NCCC[C@H](NC(=O)[C@H](Cc2ccc(F)c(F)c2)NC(=O)[C@@H](Cc2ccccc2)NS(=O)(=O)Cc2ccccc2)C(O)c2nccs2)c(C)c1C. The number of aliphatic imine (C=N–C) groups is 1. The number of halogens is 2. The van der Waals surface area contributed by atoms with E-state index in [4.69, 9.17) is 10.5 Å². The highest BCUT2D eigenvalue weighted by Crippen LogP contribution is 2.30. The van der Waals surface area contributed by atoms with E-state index in [-0.39, 0.29) is 47.7 Å². The van der Waals surface area contributed by atoms with E-state index in [9.17, 15) is 40.3 Å². The number of sulfonamides is 2. The van der Waals surface area contributed by atoms with Crippen LogP contribution in [0.2, 0.25) is 0 Å². The molecule has 0 bridgehead atoms. The van der Waals surface area contributed by atoms with Crippen LogP contribution in [0.15, 0.2) is 106 Å². The zero-order valence-electron chi connectivity index (χ0n) is 35.5. The highest BCUT2D eigenvalue weighted by atomic mass is 32.2. The minimum Gasteiger partial charge on any atom is -0.496 e. The largest absolute Gasteiger partial charge is 0.496 e. The molecular formula is C44H51F2N7O8S3. The van der Waals surface area contributed by atoms with Crippen LogP contribution in [0.4, 0.5) is 8.78 Å². The first-order valence-electron chi connectivity index (χ1n) is 20.0. The van der Waals surface area contributed by atoms with Gasteiger partial charge < -0.3 is 26.2 Å². The standard InChI is InChI=1S/C44H51F2N7O8S3/c1-27-22-38(61-4)28(2)29(3)40(27)64(59,60)53-44(47)49-19-11-16-35(39(54)43-48-20-21-62-43)50-41(55)36(25-32-17-18-33(45)34(46)23-32)51-42(56)37(24-30-12-7-5-8-13-30)52-63(57,58)26-31-14-9-6-10-15-31/h5-10,12-15,17-18,20-23,35-37,39,52,54H,11,16,19,24-26H2,1-4H3,(H,50,55)(H,51,56)(H3,47,49,53)/t35-,36-,37+,39?/m0/s1. The van der Waals surface area contributed by atoms with E-state index in [0.717, 1.165) is 23.5 Å². The number of guanidine groups is 1. The number of aryl methyl sites for hydroxylation is 1. The van der Waals surface area contributed by atoms with Gasteiger partial charge in [0.15, 0.2) is 11.6 Å². The van der Waals surface area contributed by atoms with Gasteiger partial charge in [-0.2, -0.15) is 0 Å². The predicted octanol–water partition coefficient (Wildman–Crippen LogP) is 4.41. The lowest BCUT2D eigenvalue weighted by Crippen LogP contribution is -2.56. The number of ether oxygens (including phenoxy) is 1. The number of thiazole rings is 1. The Labute approximate surface area is 375 Å². The lowest BCUT2D eigenvalue weighted by atomic mass is 10.0. The van der Waals surface area contributed by atoms with E-state index in [2.05, 4.69) is 30.1 Å². The summed E-state index contributed by atoms with van der Waals surface area (Å²) < 4.78 is 92.2. The first-order valence-corrected chi connectivity index (χ1v) is 24.1. The molecule has 20 heteroatoms. The molecule has 64 heavy (non-hydrogen) atoms. The number of benzene rings is 4. The lowest BCUT2D eigenvalue weighted by molar-refractivity contribution is -0.130. The molecule has 5 rings (SSSR count). The number of nitrogens with one attached hydrogen (secondary N) is 4. The van der Waals surface area contributed by atoms with Crippen LogP contribution in [0.3, 0.4) is 0 Å². The number of aliphatic hydroxyl groups is 1. The second kappa shape index (κ2) is 22.2. The number of amides is 2. The van der Waals surface area contributed by atoms with Crippen LogP contribution in [-0.4, -0.2) is 76.5 Å². The smallest absolute Gasteiger partial charge is 0.264 e. The predicted molar refractivity (Wildman–Crippen MR) is 240 cm³/mol. The van der Waals surface area contributed by atoms with E-state index in [1.807, 2.05) is 0 Å². The van der Waals surface area contributed by atoms with Gasteiger partial charge in [0, 0.05) is 24.5 Å². The summed E-state index contributed by atoms with van der Waals surface area (Å²) in [6.45, 7) is 4.97. The van der Waals surface area contributed by atoms with Crippen molar-refractivity contribution in [3.05, 3.63) is 147 Å². The van der Waals surface area contributed by atoms with Crippen molar-refractivity contribution >= 4 is 49.2 Å². The molecule has 0 spiro atoms. The lowest BCUT2D eigenvalue weighted by Gasteiger charge is -2.27. The quantitative estimate of drug-likeness (QED) is 0.0345. The highest BCUT2D eigenvalue weighted by molar-refractivity contribution is 7.90. The molecule has 0 aliphatic carbocycles. The minimum absolute atomic E-state index is 0.0271. The molecule has 0 saturated carbocycles. The first kappa shape index (κ1) is 49.2. The average molecular weight is 940 g/mol. The van der Waals surface area contributed by atoms with E-state index < -0.39 is 79.4 Å². The molecule has 0 aliphatic heterocycles. The third-order valence-corrected chi connectivity index (χ3v) is 14.1. The van der Waals surface area contributed by atoms with Crippen molar-refractivity contribution in [2.24, 2.45) is 10.7 Å². The number of aliphatic hydroxyl groups excluding tert-OH is 1. The number of nitrogens with zero attached hydrogens (tertiary/aromatic N) is 2. The van der Waals surface area contributed by atoms with Gasteiger partial charge in [-0.15, -0.1) is 11.3 Å². The number of nitrogens with two attached hydrogens (primary N) is 1. The van der Waals surface area contributed by atoms with E-state index in [1.165, 1.54) is 19.4 Å². The van der Waals surface area contributed by atoms with Crippen molar-refractivity contribution in [3.63, 3.8) is 0 Å². The molecule has 4 atom stereocenters. The fourth-order valence-electron chi connectivity index (χ4n) is 7.00. The number of aromatic nitrogens is 1. The molecule has 2 amide bonds. The number of hydrogen-bond donors (Lipinski definition) is 6. The summed E-state index contributed by atoms with van der Waals surface area (Å²) in [7, 11) is -6.81. The molecule has 0 fully saturated rings. The topological polar surface area (TPSA) is 231 Å². The van der Waals surface area contributed by atoms with Crippen molar-refractivity contribution in [2.45, 2.75) is 81.3 Å².